The molecule has 0 radical (unpaired) electrons. The maximum atomic E-state index is 10.9. The number of rotatable bonds is 6. The third kappa shape index (κ3) is 3.08. The minimum atomic E-state index is -0.349. The molecule has 0 spiro atoms. The van der Waals surface area contributed by atoms with Gasteiger partial charge < -0.3 is 9.84 Å². The molecule has 0 aliphatic carbocycles. The highest BCUT2D eigenvalue weighted by Gasteiger charge is 2.37. The molecule has 5 nitrogen and oxygen atoms in total. The Balaban J connectivity index is 1.96. The molecule has 2 rings (SSSR count). The summed E-state index contributed by atoms with van der Waals surface area (Å²) in [6, 6.07) is 5.16. The molecule has 1 aromatic rings. The van der Waals surface area contributed by atoms with E-state index in [4.69, 9.17) is 4.74 Å². The molecule has 1 saturated heterocycles. The molecule has 0 saturated carbocycles. The highest BCUT2D eigenvalue weighted by molar-refractivity contribution is 7.98. The van der Waals surface area contributed by atoms with Crippen LogP contribution in [-0.2, 0) is 10.5 Å². The first-order valence-corrected chi connectivity index (χ1v) is 7.23. The van der Waals surface area contributed by atoms with Gasteiger partial charge in [-0.1, -0.05) is 12.1 Å². The third-order valence-electron chi connectivity index (χ3n) is 3.43. The molecule has 1 aliphatic rings. The molecule has 1 fully saturated rings. The fourth-order valence-electron chi connectivity index (χ4n) is 2.01. The number of thioether (sulfide) groups is 1. The number of benzene rings is 1. The van der Waals surface area contributed by atoms with E-state index >= 15 is 0 Å². The maximum Gasteiger partial charge on any atom is 0.272 e. The fourth-order valence-corrected chi connectivity index (χ4v) is 3.34. The predicted octanol–water partition coefficient (Wildman–Crippen LogP) is 2.15. The van der Waals surface area contributed by atoms with Crippen molar-refractivity contribution in [2.24, 2.45) is 5.41 Å². The molecule has 0 amide bonds. The number of aliphatic hydroxyl groups is 1. The second kappa shape index (κ2) is 5.90. The number of hydrogen-bond acceptors (Lipinski definition) is 5. The second-order valence-corrected chi connectivity index (χ2v) is 5.95. The lowest BCUT2D eigenvalue weighted by Crippen LogP contribution is -2.47. The van der Waals surface area contributed by atoms with Crippen molar-refractivity contribution in [1.29, 1.82) is 0 Å². The van der Waals surface area contributed by atoms with Gasteiger partial charge in [-0.2, -0.15) is 11.8 Å². The summed E-state index contributed by atoms with van der Waals surface area (Å²) in [5.74, 6) is 1.53. The van der Waals surface area contributed by atoms with Gasteiger partial charge in [-0.25, -0.2) is 0 Å². The Morgan fingerprint density at radius 1 is 1.53 bits per heavy atom. The van der Waals surface area contributed by atoms with Crippen LogP contribution < -0.4 is 0 Å². The Bertz CT molecular complexity index is 468. The highest BCUT2D eigenvalue weighted by atomic mass is 32.2. The summed E-state index contributed by atoms with van der Waals surface area (Å²) in [6.45, 7) is 3.12. The van der Waals surface area contributed by atoms with Crippen molar-refractivity contribution >= 4 is 17.4 Å². The predicted molar refractivity (Wildman–Crippen MR) is 74.3 cm³/mol. The van der Waals surface area contributed by atoms with E-state index < -0.39 is 0 Å². The zero-order chi connectivity index (χ0) is 13.9. The number of ether oxygens (including phenoxy) is 1. The molecule has 19 heavy (non-hydrogen) atoms. The first-order valence-electron chi connectivity index (χ1n) is 6.07. The van der Waals surface area contributed by atoms with Gasteiger partial charge in [-0.15, -0.1) is 0 Å². The number of nitro benzene ring substituents is 1. The normalized spacial score (nSPS) is 16.9. The summed E-state index contributed by atoms with van der Waals surface area (Å²) in [5.41, 5.74) is 1.76. The lowest BCUT2D eigenvalue weighted by molar-refractivity contribution is -0.385. The van der Waals surface area contributed by atoms with Crippen molar-refractivity contribution in [2.45, 2.75) is 12.7 Å². The van der Waals surface area contributed by atoms with E-state index in [2.05, 4.69) is 0 Å². The Labute approximate surface area is 116 Å². The van der Waals surface area contributed by atoms with Crippen molar-refractivity contribution in [1.82, 2.24) is 0 Å². The molecule has 0 bridgehead atoms. The molecular formula is C13H17NO4S. The molecule has 0 atom stereocenters. The van der Waals surface area contributed by atoms with E-state index in [1.807, 2.05) is 6.07 Å². The van der Waals surface area contributed by atoms with Crippen LogP contribution in [0.15, 0.2) is 18.2 Å². The summed E-state index contributed by atoms with van der Waals surface area (Å²) in [6.07, 6.45) is 0. The summed E-state index contributed by atoms with van der Waals surface area (Å²) in [4.78, 5) is 10.5. The first kappa shape index (κ1) is 14.3. The molecule has 6 heteroatoms. The largest absolute Gasteiger partial charge is 0.396 e. The molecule has 1 aromatic carbocycles. The Kier molecular flexibility index (Phi) is 4.44. The lowest BCUT2D eigenvalue weighted by atomic mass is 9.90. The van der Waals surface area contributed by atoms with Gasteiger partial charge in [0.1, 0.15) is 0 Å². The van der Waals surface area contributed by atoms with Crippen LogP contribution in [0.2, 0.25) is 0 Å². The molecule has 1 heterocycles. The van der Waals surface area contributed by atoms with Crippen LogP contribution in [0, 0.1) is 22.5 Å². The van der Waals surface area contributed by atoms with Crippen molar-refractivity contribution < 1.29 is 14.8 Å². The van der Waals surface area contributed by atoms with Crippen LogP contribution in [-0.4, -0.2) is 35.6 Å². The summed E-state index contributed by atoms with van der Waals surface area (Å²) < 4.78 is 5.14. The van der Waals surface area contributed by atoms with Crippen molar-refractivity contribution in [3.05, 3.63) is 39.4 Å². The fraction of sp³-hybridized carbons (Fsp3) is 0.538. The summed E-state index contributed by atoms with van der Waals surface area (Å²) in [7, 11) is 0. The quantitative estimate of drug-likeness (QED) is 0.639. The minimum Gasteiger partial charge on any atom is -0.396 e. The third-order valence-corrected chi connectivity index (χ3v) is 4.76. The standard InChI is InChI=1S/C13H17NO4S/c1-10-11(3-2-4-12(10)14(16)17)5-19-9-13(6-15)7-18-8-13/h2-4,15H,5-9H2,1H3. The van der Waals surface area contributed by atoms with Gasteiger partial charge in [-0.3, -0.25) is 10.1 Å². The maximum absolute atomic E-state index is 10.9. The van der Waals surface area contributed by atoms with Crippen LogP contribution in [0.4, 0.5) is 5.69 Å². The van der Waals surface area contributed by atoms with Crippen LogP contribution in [0.1, 0.15) is 11.1 Å². The molecule has 1 aliphatic heterocycles. The minimum absolute atomic E-state index is 0.112. The van der Waals surface area contributed by atoms with Crippen LogP contribution in [0.3, 0.4) is 0 Å². The van der Waals surface area contributed by atoms with Crippen molar-refractivity contribution in [2.75, 3.05) is 25.6 Å². The van der Waals surface area contributed by atoms with Gasteiger partial charge in [0.25, 0.3) is 5.69 Å². The molecule has 1 N–H and O–H groups in total. The summed E-state index contributed by atoms with van der Waals surface area (Å²) in [5, 5.41) is 20.2. The van der Waals surface area contributed by atoms with Gasteiger partial charge in [-0.05, 0) is 12.5 Å². The smallest absolute Gasteiger partial charge is 0.272 e. The van der Waals surface area contributed by atoms with E-state index in [1.54, 1.807) is 24.8 Å². The number of nitro groups is 1. The van der Waals surface area contributed by atoms with Gasteiger partial charge in [0, 0.05) is 28.6 Å². The second-order valence-electron chi connectivity index (χ2n) is 4.96. The average molecular weight is 283 g/mol. The van der Waals surface area contributed by atoms with E-state index in [0.717, 1.165) is 22.6 Å². The topological polar surface area (TPSA) is 72.6 Å². The number of nitrogens with zero attached hydrogens (tertiary/aromatic N) is 1. The van der Waals surface area contributed by atoms with Gasteiger partial charge in [0.05, 0.1) is 24.7 Å². The van der Waals surface area contributed by atoms with Crippen molar-refractivity contribution in [3.8, 4) is 0 Å². The Hall–Kier alpha value is -1.11. The molecular weight excluding hydrogens is 266 g/mol. The molecule has 0 aromatic heterocycles. The van der Waals surface area contributed by atoms with Crippen LogP contribution >= 0.6 is 11.8 Å². The SMILES string of the molecule is Cc1c(CSCC2(CO)COC2)cccc1[N+](=O)[O-]. The highest BCUT2D eigenvalue weighted by Crippen LogP contribution is 2.33. The van der Waals surface area contributed by atoms with E-state index in [-0.39, 0.29) is 22.6 Å². The molecule has 104 valence electrons. The lowest BCUT2D eigenvalue weighted by Gasteiger charge is -2.39. The van der Waals surface area contributed by atoms with E-state index in [1.165, 1.54) is 6.07 Å². The average Bonchev–Trinajstić information content (AvgIpc) is 2.34. The van der Waals surface area contributed by atoms with E-state index in [9.17, 15) is 15.2 Å². The Morgan fingerprint density at radius 2 is 2.26 bits per heavy atom. The molecule has 0 unspecified atom stereocenters. The van der Waals surface area contributed by atoms with Gasteiger partial charge in [0.15, 0.2) is 0 Å². The van der Waals surface area contributed by atoms with Crippen molar-refractivity contribution in [3.63, 3.8) is 0 Å². The van der Waals surface area contributed by atoms with Gasteiger partial charge >= 0.3 is 0 Å². The van der Waals surface area contributed by atoms with Gasteiger partial charge in [0.2, 0.25) is 0 Å². The zero-order valence-corrected chi connectivity index (χ0v) is 11.6. The monoisotopic (exact) mass is 283 g/mol. The number of hydrogen-bond donors (Lipinski definition) is 1. The summed E-state index contributed by atoms with van der Waals surface area (Å²) >= 11 is 1.69. The first-order chi connectivity index (χ1) is 9.08. The van der Waals surface area contributed by atoms with E-state index in [0.29, 0.717) is 13.2 Å². The van der Waals surface area contributed by atoms with Crippen LogP contribution in [0.25, 0.3) is 0 Å². The Morgan fingerprint density at radius 3 is 2.79 bits per heavy atom. The van der Waals surface area contributed by atoms with Crippen LogP contribution in [0.5, 0.6) is 0 Å². The number of aliphatic hydroxyl groups excluding tert-OH is 1. The zero-order valence-electron chi connectivity index (χ0n) is 10.8.